The van der Waals surface area contributed by atoms with Crippen LogP contribution in [0, 0.1) is 5.41 Å². The molecule has 3 N–H and O–H groups in total. The zero-order valence-corrected chi connectivity index (χ0v) is 21.2. The maximum Gasteiger partial charge on any atom is 0.390 e. The molecule has 11 heteroatoms. The van der Waals surface area contributed by atoms with Crippen LogP contribution in [0.1, 0.15) is 35.2 Å². The molecule has 0 saturated heterocycles. The number of alkyl halides is 3. The Morgan fingerprint density at radius 3 is 2.11 bits per heavy atom. The molecule has 0 aliphatic heterocycles. The minimum Gasteiger partial charge on any atom is -0.481 e. The number of benzene rings is 3. The molecule has 3 aromatic rings. The summed E-state index contributed by atoms with van der Waals surface area (Å²) in [5, 5.41) is 15.3. The first kappa shape index (κ1) is 27.5. The van der Waals surface area contributed by atoms with E-state index < -0.39 is 42.2 Å². The number of amides is 2. The van der Waals surface area contributed by atoms with Crippen molar-refractivity contribution in [3.63, 3.8) is 0 Å². The van der Waals surface area contributed by atoms with Crippen LogP contribution >= 0.6 is 23.2 Å². The number of halogens is 5. The molecule has 6 nitrogen and oxygen atoms in total. The Bertz CT molecular complexity index is 1390. The summed E-state index contributed by atoms with van der Waals surface area (Å²) in [7, 11) is 0. The third-order valence-corrected chi connectivity index (χ3v) is 6.77. The predicted octanol–water partition coefficient (Wildman–Crippen LogP) is 7.85. The highest BCUT2D eigenvalue weighted by Gasteiger charge is 2.50. The van der Waals surface area contributed by atoms with E-state index >= 15 is 0 Å². The van der Waals surface area contributed by atoms with Crippen LogP contribution < -0.4 is 10.6 Å². The van der Waals surface area contributed by atoms with Crippen LogP contribution in [-0.2, 0) is 11.2 Å². The number of nitrogens with one attached hydrogen (secondary N) is 2. The molecule has 0 bridgehead atoms. The minimum absolute atomic E-state index is 0.113. The average Bonchev–Trinajstić information content (AvgIpc) is 2.80. The number of rotatable bonds is 6. The van der Waals surface area contributed by atoms with E-state index in [0.29, 0.717) is 27.0 Å². The number of fused-ring (bicyclic) bond motifs is 1. The first-order valence-electron chi connectivity index (χ1n) is 11.4. The molecule has 198 valence electrons. The highest BCUT2D eigenvalue weighted by Crippen LogP contribution is 2.46. The second-order valence-electron chi connectivity index (χ2n) is 9.16. The molecular formula is C27H21Cl2F3N2O4. The largest absolute Gasteiger partial charge is 0.481 e. The van der Waals surface area contributed by atoms with Gasteiger partial charge in [-0.15, -0.1) is 0 Å². The van der Waals surface area contributed by atoms with E-state index in [1.54, 1.807) is 48.5 Å². The normalized spacial score (nSPS) is 17.0. The van der Waals surface area contributed by atoms with Crippen molar-refractivity contribution in [2.45, 2.75) is 31.9 Å². The maximum absolute atomic E-state index is 13.2. The third-order valence-electron chi connectivity index (χ3n) is 6.33. The number of urea groups is 1. The van der Waals surface area contributed by atoms with Gasteiger partial charge in [-0.05, 0) is 59.9 Å². The van der Waals surface area contributed by atoms with Gasteiger partial charge in [-0.1, -0.05) is 53.5 Å². The molecule has 1 aliphatic carbocycles. The topological polar surface area (TPSA) is 95.5 Å². The van der Waals surface area contributed by atoms with E-state index in [9.17, 15) is 32.7 Å². The number of carbonyl (C=O) groups excluding carboxylic acids is 2. The smallest absolute Gasteiger partial charge is 0.390 e. The van der Waals surface area contributed by atoms with E-state index in [2.05, 4.69) is 10.6 Å². The van der Waals surface area contributed by atoms with Gasteiger partial charge in [0.25, 0.3) is 0 Å². The predicted molar refractivity (Wildman–Crippen MR) is 139 cm³/mol. The summed E-state index contributed by atoms with van der Waals surface area (Å²) in [4.78, 5) is 36.7. The molecule has 0 fully saturated rings. The Hall–Kier alpha value is -3.56. The van der Waals surface area contributed by atoms with Gasteiger partial charge in [0.1, 0.15) is 0 Å². The minimum atomic E-state index is -4.67. The van der Waals surface area contributed by atoms with Crippen LogP contribution in [0.5, 0.6) is 0 Å². The number of carbonyl (C=O) groups is 3. The molecule has 0 saturated carbocycles. The fourth-order valence-corrected chi connectivity index (χ4v) is 5.24. The SMILES string of the molecule is O=C(O)CC1(CC(F)(F)F)CCc2cc(-c3ccc(NC(=O)Nc4cc(Cl)cc(Cl)c4)cc3)ccc2C1=O. The number of carboxylic acid groups (broad SMARTS) is 1. The lowest BCUT2D eigenvalue weighted by Crippen LogP contribution is -2.41. The Kier molecular flexibility index (Phi) is 7.71. The first-order chi connectivity index (χ1) is 17.8. The van der Waals surface area contributed by atoms with E-state index in [0.717, 1.165) is 11.1 Å². The zero-order valence-electron chi connectivity index (χ0n) is 19.7. The van der Waals surface area contributed by atoms with Gasteiger partial charge in [-0.2, -0.15) is 13.2 Å². The Morgan fingerprint density at radius 2 is 1.50 bits per heavy atom. The van der Waals surface area contributed by atoms with Gasteiger partial charge < -0.3 is 15.7 Å². The van der Waals surface area contributed by atoms with Crippen molar-refractivity contribution >= 4 is 52.4 Å². The fraction of sp³-hybridized carbons (Fsp3) is 0.222. The van der Waals surface area contributed by atoms with Crippen molar-refractivity contribution in [3.8, 4) is 11.1 Å². The quantitative estimate of drug-likeness (QED) is 0.284. The van der Waals surface area contributed by atoms with Gasteiger partial charge in [0.05, 0.1) is 18.3 Å². The van der Waals surface area contributed by atoms with Gasteiger partial charge >= 0.3 is 18.2 Å². The highest BCUT2D eigenvalue weighted by molar-refractivity contribution is 6.35. The third kappa shape index (κ3) is 6.46. The number of anilines is 2. The molecular weight excluding hydrogens is 544 g/mol. The van der Waals surface area contributed by atoms with Gasteiger partial charge in [0.2, 0.25) is 0 Å². The van der Waals surface area contributed by atoms with Crippen molar-refractivity contribution in [2.75, 3.05) is 10.6 Å². The Balaban J connectivity index is 1.49. The molecule has 38 heavy (non-hydrogen) atoms. The summed E-state index contributed by atoms with van der Waals surface area (Å²) < 4.78 is 39.7. The molecule has 3 aromatic carbocycles. The highest BCUT2D eigenvalue weighted by atomic mass is 35.5. The summed E-state index contributed by atoms with van der Waals surface area (Å²) in [6.45, 7) is 0. The van der Waals surface area contributed by atoms with Crippen LogP contribution in [0.3, 0.4) is 0 Å². The van der Waals surface area contributed by atoms with Crippen LogP contribution in [0.2, 0.25) is 10.0 Å². The lowest BCUT2D eigenvalue weighted by Gasteiger charge is -2.36. The number of hydrogen-bond acceptors (Lipinski definition) is 3. The van der Waals surface area contributed by atoms with Gasteiger partial charge in [-0.25, -0.2) is 4.79 Å². The van der Waals surface area contributed by atoms with Gasteiger partial charge in [0, 0.05) is 27.0 Å². The number of ketones is 1. The molecule has 0 aromatic heterocycles. The van der Waals surface area contributed by atoms with Gasteiger partial charge in [0.15, 0.2) is 5.78 Å². The Morgan fingerprint density at radius 1 is 0.895 bits per heavy atom. The number of Topliss-reactive ketones (excluding diaryl/α,β-unsaturated/α-hetero) is 1. The average molecular weight is 565 g/mol. The second kappa shape index (κ2) is 10.7. The molecule has 1 aliphatic rings. The summed E-state index contributed by atoms with van der Waals surface area (Å²) in [5.74, 6) is -2.24. The van der Waals surface area contributed by atoms with Gasteiger partial charge in [-0.3, -0.25) is 9.59 Å². The summed E-state index contributed by atoms with van der Waals surface area (Å²) in [5.41, 5.74) is 1.07. The second-order valence-corrected chi connectivity index (χ2v) is 10.0. The van der Waals surface area contributed by atoms with E-state index in [-0.39, 0.29) is 18.4 Å². The molecule has 1 atom stereocenters. The lowest BCUT2D eigenvalue weighted by molar-refractivity contribution is -0.160. The van der Waals surface area contributed by atoms with Crippen LogP contribution in [0.4, 0.5) is 29.3 Å². The molecule has 0 heterocycles. The van der Waals surface area contributed by atoms with Crippen molar-refractivity contribution in [1.82, 2.24) is 0 Å². The lowest BCUT2D eigenvalue weighted by atomic mass is 9.66. The standard InChI is InChI=1S/C27H21Cl2F3N2O4/c28-18-10-19(29)12-21(11-18)34-25(38)33-20-4-1-15(2-5-20)16-3-6-22-17(9-16)7-8-26(24(22)37,13-23(35)36)14-27(30,31)32/h1-6,9-12H,7-8,13-14H2,(H,35,36)(H2,33,34,38). The van der Waals surface area contributed by atoms with E-state index in [1.165, 1.54) is 12.1 Å². The van der Waals surface area contributed by atoms with Crippen LogP contribution in [0.25, 0.3) is 11.1 Å². The molecule has 1 unspecified atom stereocenters. The molecule has 0 radical (unpaired) electrons. The molecule has 0 spiro atoms. The molecule has 2 amide bonds. The number of aliphatic carboxylic acids is 1. The summed E-state index contributed by atoms with van der Waals surface area (Å²) in [6, 6.07) is 15.8. The van der Waals surface area contributed by atoms with Crippen molar-refractivity contribution < 1.29 is 32.7 Å². The number of carboxylic acids is 1. The number of hydrogen-bond donors (Lipinski definition) is 3. The van der Waals surface area contributed by atoms with E-state index in [4.69, 9.17) is 23.2 Å². The fourth-order valence-electron chi connectivity index (χ4n) is 4.71. The van der Waals surface area contributed by atoms with Crippen molar-refractivity contribution in [3.05, 3.63) is 81.8 Å². The maximum atomic E-state index is 13.2. The zero-order chi connectivity index (χ0) is 27.7. The summed E-state index contributed by atoms with van der Waals surface area (Å²) >= 11 is 11.9. The van der Waals surface area contributed by atoms with Crippen LogP contribution in [-0.4, -0.2) is 29.1 Å². The van der Waals surface area contributed by atoms with Crippen molar-refractivity contribution in [1.29, 1.82) is 0 Å². The Labute approximate surface area is 225 Å². The molecule has 4 rings (SSSR count). The van der Waals surface area contributed by atoms with Crippen LogP contribution in [0.15, 0.2) is 60.7 Å². The summed E-state index contributed by atoms with van der Waals surface area (Å²) in [6.07, 6.45) is -7.08. The first-order valence-corrected chi connectivity index (χ1v) is 12.2. The van der Waals surface area contributed by atoms with E-state index in [1.807, 2.05) is 0 Å². The number of aryl methyl sites for hydroxylation is 1. The monoisotopic (exact) mass is 564 g/mol. The van der Waals surface area contributed by atoms with Crippen molar-refractivity contribution in [2.24, 2.45) is 5.41 Å².